The maximum Gasteiger partial charge on any atom is 0.508 e. The Morgan fingerprint density at radius 1 is 0.600 bits per heavy atom. The van der Waals surface area contributed by atoms with Crippen LogP contribution in [-0.4, -0.2) is 133 Å². The van der Waals surface area contributed by atoms with E-state index in [9.17, 15) is 34.6 Å². The average Bonchev–Trinajstić information content (AvgIpc) is 1.68. The lowest BCUT2D eigenvalue weighted by molar-refractivity contribution is -0.757. The summed E-state index contributed by atoms with van der Waals surface area (Å²) >= 11 is 13.0. The second-order valence-corrected chi connectivity index (χ2v) is 22.0. The fraction of sp³-hybridized carbons (Fsp3) is 0.475. The Bertz CT molecular complexity index is 3120. The van der Waals surface area contributed by atoms with Crippen molar-refractivity contribution in [1.29, 1.82) is 0 Å². The van der Waals surface area contributed by atoms with Crippen molar-refractivity contribution in [2.75, 3.05) is 61.0 Å². The molecule has 0 radical (unpaired) electrons. The predicted molar refractivity (Wildman–Crippen MR) is 329 cm³/mol. The Balaban J connectivity index is 1.00. The van der Waals surface area contributed by atoms with Crippen LogP contribution in [0.5, 0.6) is 11.5 Å². The van der Waals surface area contributed by atoms with Gasteiger partial charge in [0.15, 0.2) is 0 Å². The lowest BCUT2D eigenvalue weighted by Crippen LogP contribution is -2.37. The minimum Gasteiger partial charge on any atom is -0.495 e. The number of benzene rings is 2. The number of hydrogen-bond donors (Lipinski definition) is 4. The molecule has 0 bridgehead atoms. The molecule has 2 saturated heterocycles. The van der Waals surface area contributed by atoms with Gasteiger partial charge in [-0.25, -0.2) is 34.7 Å². The second-order valence-electron chi connectivity index (χ2n) is 21.2. The predicted octanol–water partition coefficient (Wildman–Crippen LogP) is 9.10. The molecule has 29 nitrogen and oxygen atoms in total. The molecule has 90 heavy (non-hydrogen) atoms. The zero-order valence-corrected chi connectivity index (χ0v) is 51.4. The molecule has 2 amide bonds. The number of carbonyl (C=O) groups excluding carboxylic acids is 3. The smallest absolute Gasteiger partial charge is 0.495 e. The van der Waals surface area contributed by atoms with Crippen molar-refractivity contribution in [3.05, 3.63) is 150 Å². The second kappa shape index (κ2) is 34.5. The topological polar surface area (TPSA) is 351 Å². The number of anilines is 4. The summed E-state index contributed by atoms with van der Waals surface area (Å²) in [6.07, 6.45) is 14.2. The molecular weight excluding hydrogens is 1210 g/mol. The van der Waals surface area contributed by atoms with E-state index in [0.717, 1.165) is 24.0 Å². The molecule has 4 N–H and O–H groups in total. The van der Waals surface area contributed by atoms with Gasteiger partial charge in [0.05, 0.1) is 50.6 Å². The fourth-order valence-corrected chi connectivity index (χ4v) is 11.2. The molecule has 2 aliphatic rings. The first-order valence-corrected chi connectivity index (χ1v) is 30.4. The highest BCUT2D eigenvalue weighted by Gasteiger charge is 2.35. The number of methoxy groups -OCH3 is 2. The minimum atomic E-state index is -0.900. The standard InChI is InChI=1S/C59H72Cl2N16O13/c1-85-49-19-17-39(29-47(49)60)33-66-53-45(55(78)68-37-51-62-21-11-22-63-51)35-70-57(72-53)74-25-9-13-41(74)31-43(15-5-3-7-27-87-76(81)82)89-59(80)90-44(16-6-4-8-28-88-77(83)84)32-42-14-10-26-75(42)58-71-36-46(56(79)69-38-52-64-23-12-24-65-52)54(73-58)67-34-40-18-20-50(86-2)48(61)30-40/h11-12,17-24,29-30,35-36,41-44H,3-10,13-16,25-28,31-34,37-38H2,1-2H3,(H,68,78)(H,69,79)(H,66,70,72)(H,67,71,73)/t41?,42?,43-,44-/m0/s1. The van der Waals surface area contributed by atoms with Crippen molar-refractivity contribution in [3.63, 3.8) is 0 Å². The third kappa shape index (κ3) is 20.4. The normalized spacial score (nSPS) is 15.1. The molecule has 4 atom stereocenters. The van der Waals surface area contributed by atoms with Crippen LogP contribution in [0.15, 0.2) is 85.7 Å². The van der Waals surface area contributed by atoms with Gasteiger partial charge in [0.1, 0.15) is 58.1 Å². The number of halogens is 2. The van der Waals surface area contributed by atoms with Crippen LogP contribution in [-0.2, 0) is 45.3 Å². The molecule has 0 saturated carbocycles. The van der Waals surface area contributed by atoms with Crippen LogP contribution in [0.2, 0.25) is 10.0 Å². The first-order valence-electron chi connectivity index (χ1n) is 29.6. The van der Waals surface area contributed by atoms with Gasteiger partial charge < -0.3 is 59.7 Å². The van der Waals surface area contributed by atoms with Crippen molar-refractivity contribution in [2.45, 2.75) is 140 Å². The van der Waals surface area contributed by atoms with Crippen LogP contribution in [0.4, 0.5) is 28.3 Å². The Labute approximate surface area is 528 Å². The molecule has 480 valence electrons. The number of amides is 2. The van der Waals surface area contributed by atoms with Crippen molar-refractivity contribution < 1.29 is 53.2 Å². The van der Waals surface area contributed by atoms with Gasteiger partial charge >= 0.3 is 6.16 Å². The summed E-state index contributed by atoms with van der Waals surface area (Å²) < 4.78 is 23.3. The molecule has 6 aromatic rings. The van der Waals surface area contributed by atoms with Gasteiger partial charge in [-0.05, 0) is 112 Å². The summed E-state index contributed by atoms with van der Waals surface area (Å²) in [5, 5.41) is 33.3. The van der Waals surface area contributed by atoms with Crippen LogP contribution in [0, 0.1) is 20.2 Å². The van der Waals surface area contributed by atoms with E-state index in [2.05, 4.69) is 50.9 Å². The van der Waals surface area contributed by atoms with E-state index in [-0.39, 0.29) is 74.2 Å². The van der Waals surface area contributed by atoms with Crippen LogP contribution < -0.4 is 40.5 Å². The van der Waals surface area contributed by atoms with Crippen molar-refractivity contribution in [2.24, 2.45) is 0 Å². The van der Waals surface area contributed by atoms with E-state index < -0.39 is 40.4 Å². The van der Waals surface area contributed by atoms with Gasteiger partial charge in [-0.2, -0.15) is 9.97 Å². The van der Waals surface area contributed by atoms with Crippen LogP contribution in [0.25, 0.3) is 0 Å². The minimum absolute atomic E-state index is 0.0546. The van der Waals surface area contributed by atoms with Crippen LogP contribution in [0.3, 0.4) is 0 Å². The van der Waals surface area contributed by atoms with Gasteiger partial charge in [0.2, 0.25) is 11.9 Å². The highest BCUT2D eigenvalue weighted by Crippen LogP contribution is 2.33. The van der Waals surface area contributed by atoms with E-state index in [4.69, 9.17) is 62.1 Å². The summed E-state index contributed by atoms with van der Waals surface area (Å²) in [5.41, 5.74) is 1.92. The van der Waals surface area contributed by atoms with E-state index >= 15 is 0 Å². The number of hydrogen-bond acceptors (Lipinski definition) is 25. The summed E-state index contributed by atoms with van der Waals surface area (Å²) in [6, 6.07) is 13.6. The molecule has 6 heterocycles. The maximum atomic E-state index is 14.4. The number of nitrogens with one attached hydrogen (secondary N) is 4. The van der Waals surface area contributed by atoms with E-state index in [0.29, 0.717) is 135 Å². The van der Waals surface area contributed by atoms with E-state index in [1.54, 1.807) is 61.2 Å². The van der Waals surface area contributed by atoms with E-state index in [1.165, 1.54) is 26.6 Å². The molecule has 0 spiro atoms. The third-order valence-electron chi connectivity index (χ3n) is 15.0. The molecule has 2 fully saturated rings. The lowest BCUT2D eigenvalue weighted by atomic mass is 10.0. The summed E-state index contributed by atoms with van der Waals surface area (Å²) in [5.74, 6) is 2.09. The SMILES string of the molecule is COc1ccc(CNc2nc(N3CCCC3C[C@H](CCCCCO[N+](=O)[O-])OC(=O)O[C@@H](CCCCCO[N+](=O)[O-])CC3CCCN3c3ncc(C(=O)NCc4ncccn4)c(NCc4ccc(OC)c(Cl)c4)n3)ncc2C(=O)NCc2ncccn2)cc1Cl. The maximum absolute atomic E-state index is 14.4. The van der Waals surface area contributed by atoms with Gasteiger partial charge in [0, 0.05) is 88.3 Å². The molecule has 31 heteroatoms. The molecular formula is C59H72Cl2N16O13. The van der Waals surface area contributed by atoms with E-state index in [1.807, 2.05) is 21.9 Å². The Hall–Kier alpha value is -9.25. The molecule has 2 aliphatic heterocycles. The monoisotopic (exact) mass is 1280 g/mol. The number of ether oxygens (including phenoxy) is 4. The summed E-state index contributed by atoms with van der Waals surface area (Å²) in [6.45, 7) is 1.51. The van der Waals surface area contributed by atoms with Crippen LogP contribution in [0.1, 0.15) is 133 Å². The third-order valence-corrected chi connectivity index (χ3v) is 15.6. The first-order chi connectivity index (χ1) is 43.7. The van der Waals surface area contributed by atoms with Gasteiger partial charge in [0.25, 0.3) is 22.0 Å². The largest absolute Gasteiger partial charge is 0.508 e. The summed E-state index contributed by atoms with van der Waals surface area (Å²) in [4.78, 5) is 113. The zero-order valence-electron chi connectivity index (χ0n) is 49.9. The van der Waals surface area contributed by atoms with Crippen molar-refractivity contribution >= 4 is 64.7 Å². The Kier molecular flexibility index (Phi) is 25.6. The fourth-order valence-electron chi connectivity index (χ4n) is 10.6. The number of rotatable bonds is 36. The molecule has 0 aliphatic carbocycles. The average molecular weight is 1280 g/mol. The molecule has 8 rings (SSSR count). The highest BCUT2D eigenvalue weighted by atomic mass is 35.5. The number of nitrogens with zero attached hydrogens (tertiary/aromatic N) is 12. The first kappa shape index (κ1) is 66.7. The highest BCUT2D eigenvalue weighted by molar-refractivity contribution is 6.32. The quantitative estimate of drug-likeness (QED) is 0.0123. The van der Waals surface area contributed by atoms with Crippen LogP contribution >= 0.6 is 23.2 Å². The van der Waals surface area contributed by atoms with Gasteiger partial charge in [-0.3, -0.25) is 9.59 Å². The van der Waals surface area contributed by atoms with Gasteiger partial charge in [-0.1, -0.05) is 48.2 Å². The van der Waals surface area contributed by atoms with Crippen molar-refractivity contribution in [1.82, 2.24) is 50.5 Å². The lowest BCUT2D eigenvalue weighted by Gasteiger charge is -2.30. The number of carbonyl (C=O) groups is 3. The Morgan fingerprint density at radius 2 is 1.02 bits per heavy atom. The molecule has 2 unspecified atom stereocenters. The summed E-state index contributed by atoms with van der Waals surface area (Å²) in [7, 11) is 3.05. The number of aromatic nitrogens is 8. The molecule has 2 aromatic carbocycles. The molecule has 4 aromatic heterocycles. The zero-order chi connectivity index (χ0) is 63.6. The van der Waals surface area contributed by atoms with Gasteiger partial charge in [-0.15, -0.1) is 20.2 Å². The number of unbranched alkanes of at least 4 members (excludes halogenated alkanes) is 4. The Morgan fingerprint density at radius 3 is 1.41 bits per heavy atom. The van der Waals surface area contributed by atoms with Crippen molar-refractivity contribution in [3.8, 4) is 11.5 Å².